The number of carbonyl (C=O) groups is 2. The Morgan fingerprint density at radius 2 is 1.00 bits per heavy atom. The summed E-state index contributed by atoms with van der Waals surface area (Å²) in [6, 6.07) is 0. The van der Waals surface area contributed by atoms with Crippen molar-refractivity contribution in [2.45, 2.75) is 200 Å². The number of ether oxygens (including phenoxy) is 4. The van der Waals surface area contributed by atoms with E-state index in [-0.39, 0.29) is 24.8 Å². The second-order valence-electron chi connectivity index (χ2n) is 14.9. The Morgan fingerprint density at radius 3 is 1.60 bits per heavy atom. The van der Waals surface area contributed by atoms with Crippen LogP contribution < -0.4 is 0 Å². The highest BCUT2D eigenvalue weighted by molar-refractivity contribution is 5.69. The van der Waals surface area contributed by atoms with Crippen LogP contribution in [0.15, 0.2) is 36.5 Å². The first-order chi connectivity index (χ1) is 27.1. The van der Waals surface area contributed by atoms with Gasteiger partial charge in [-0.3, -0.25) is 9.59 Å². The van der Waals surface area contributed by atoms with Gasteiger partial charge in [0, 0.05) is 39.2 Å². The highest BCUT2D eigenvalue weighted by Crippen LogP contribution is 2.12. The van der Waals surface area contributed by atoms with Gasteiger partial charge in [0.05, 0.1) is 13.0 Å². The normalized spacial score (nSPS) is 12.0. The fourth-order valence-corrected chi connectivity index (χ4v) is 6.26. The van der Waals surface area contributed by atoms with Gasteiger partial charge in [-0.25, -0.2) is 0 Å². The molecule has 0 heterocycles. The quantitative estimate of drug-likeness (QED) is 0.0283. The number of hydrogen-bond acceptors (Lipinski definition) is 8. The summed E-state index contributed by atoms with van der Waals surface area (Å²) in [5.41, 5.74) is 0. The van der Waals surface area contributed by atoms with E-state index in [1.54, 1.807) is 0 Å². The molecule has 55 heavy (non-hydrogen) atoms. The molecule has 0 saturated carbocycles. The smallest absolute Gasteiger partial charge is 0.306 e. The summed E-state index contributed by atoms with van der Waals surface area (Å²) in [7, 11) is 0. The highest BCUT2D eigenvalue weighted by atomic mass is 16.7. The predicted octanol–water partition coefficient (Wildman–Crippen LogP) is 12.0. The molecule has 0 unspecified atom stereocenters. The van der Waals surface area contributed by atoms with Crippen LogP contribution in [-0.4, -0.2) is 80.9 Å². The van der Waals surface area contributed by atoms with Gasteiger partial charge in [-0.1, -0.05) is 115 Å². The predicted molar refractivity (Wildman–Crippen MR) is 230 cm³/mol. The lowest BCUT2D eigenvalue weighted by molar-refractivity contribution is -0.159. The van der Waals surface area contributed by atoms with Crippen molar-refractivity contribution in [2.75, 3.05) is 52.7 Å². The van der Waals surface area contributed by atoms with E-state index in [2.05, 4.69) is 56.1 Å². The summed E-state index contributed by atoms with van der Waals surface area (Å²) in [4.78, 5) is 26.9. The maximum atomic E-state index is 12.5. The number of unbranched alkanes of at least 4 members (excludes halogenated alkanes) is 16. The van der Waals surface area contributed by atoms with E-state index in [9.17, 15) is 14.7 Å². The molecule has 1 N–H and O–H groups in total. The van der Waals surface area contributed by atoms with Crippen LogP contribution >= 0.6 is 0 Å². The maximum Gasteiger partial charge on any atom is 0.306 e. The first-order valence-corrected chi connectivity index (χ1v) is 22.9. The molecule has 0 aliphatic carbocycles. The number of nitrogens with zero attached hydrogens (tertiary/aromatic N) is 1. The molecule has 0 radical (unpaired) electrons. The van der Waals surface area contributed by atoms with Gasteiger partial charge < -0.3 is 29.0 Å². The number of allylic oxidation sites excluding steroid dienone is 5. The molecule has 0 fully saturated rings. The fourth-order valence-electron chi connectivity index (χ4n) is 6.26. The molecule has 0 aliphatic heterocycles. The van der Waals surface area contributed by atoms with E-state index in [1.807, 2.05) is 6.08 Å². The molecule has 0 aromatic rings. The van der Waals surface area contributed by atoms with E-state index < -0.39 is 0 Å². The van der Waals surface area contributed by atoms with Crippen LogP contribution in [-0.2, 0) is 28.5 Å². The number of rotatable bonds is 43. The molecule has 322 valence electrons. The van der Waals surface area contributed by atoms with Gasteiger partial charge in [0.25, 0.3) is 0 Å². The summed E-state index contributed by atoms with van der Waals surface area (Å²) in [6.45, 7) is 12.0. The van der Waals surface area contributed by atoms with Gasteiger partial charge >= 0.3 is 11.9 Å². The van der Waals surface area contributed by atoms with Crippen molar-refractivity contribution in [2.24, 2.45) is 0 Å². The third kappa shape index (κ3) is 41.5. The molecule has 0 saturated heterocycles. The van der Waals surface area contributed by atoms with Crippen molar-refractivity contribution >= 4 is 11.9 Å². The minimum atomic E-state index is -0.355. The molecule has 0 aromatic carbocycles. The standard InChI is InChI=1S/C47H87NO7/c1-4-7-10-13-16-24-29-41-52-45(50)34-26-19-17-20-27-37-48(39-33-40-49)38-28-21-18-25-30-42-53-46(51)35-36-47(54-43-31-22-14-11-8-5-2)55-44-32-23-15-12-9-6-3/h8-9,11-12,24,29,47,49H,4-7,10,13-23,25-28,30-44H2,1-3H3/b11-8-,12-9-,29-24-. The lowest BCUT2D eigenvalue weighted by Gasteiger charge is -2.22. The van der Waals surface area contributed by atoms with Crippen molar-refractivity contribution in [3.63, 3.8) is 0 Å². The van der Waals surface area contributed by atoms with Crippen LogP contribution in [0.25, 0.3) is 0 Å². The molecule has 8 nitrogen and oxygen atoms in total. The second-order valence-corrected chi connectivity index (χ2v) is 14.9. The molecule has 0 bridgehead atoms. The van der Waals surface area contributed by atoms with Gasteiger partial charge in [0.2, 0.25) is 0 Å². The topological polar surface area (TPSA) is 94.5 Å². The molecule has 0 spiro atoms. The van der Waals surface area contributed by atoms with E-state index in [0.717, 1.165) is 142 Å². The third-order valence-corrected chi connectivity index (χ3v) is 9.63. The molecule has 0 aromatic heterocycles. The minimum Gasteiger partial charge on any atom is -0.466 e. The molecular formula is C47H87NO7. The van der Waals surface area contributed by atoms with Gasteiger partial charge in [-0.05, 0) is 109 Å². The van der Waals surface area contributed by atoms with Crippen molar-refractivity contribution in [3.8, 4) is 0 Å². The Balaban J connectivity index is 4.05. The number of esters is 2. The number of carbonyl (C=O) groups excluding carboxylic acids is 2. The largest absolute Gasteiger partial charge is 0.466 e. The zero-order valence-electron chi connectivity index (χ0n) is 36.1. The molecule has 0 atom stereocenters. The average molecular weight is 778 g/mol. The van der Waals surface area contributed by atoms with E-state index >= 15 is 0 Å². The number of aliphatic hydroxyl groups is 1. The van der Waals surface area contributed by atoms with Crippen molar-refractivity contribution in [1.29, 1.82) is 0 Å². The second kappa shape index (κ2) is 44.7. The zero-order chi connectivity index (χ0) is 40.1. The maximum absolute atomic E-state index is 12.5. The van der Waals surface area contributed by atoms with Gasteiger partial charge in [-0.2, -0.15) is 0 Å². The SMILES string of the molecule is CC/C=C\CCCCOC(CCC(=O)OCCCCCCCN(CCCO)CCCCCCCC(=O)OC/C=C\CCCCCC)OCCCC/C=C\CC. The van der Waals surface area contributed by atoms with Gasteiger partial charge in [-0.15, -0.1) is 0 Å². The van der Waals surface area contributed by atoms with Crippen LogP contribution in [0.2, 0.25) is 0 Å². The number of aliphatic hydroxyl groups excluding tert-OH is 1. The summed E-state index contributed by atoms with van der Waals surface area (Å²) in [5.74, 6) is -0.253. The van der Waals surface area contributed by atoms with E-state index in [4.69, 9.17) is 18.9 Å². The first-order valence-electron chi connectivity index (χ1n) is 22.9. The molecule has 0 rings (SSSR count). The monoisotopic (exact) mass is 778 g/mol. The van der Waals surface area contributed by atoms with Crippen LogP contribution in [0.4, 0.5) is 0 Å². The van der Waals surface area contributed by atoms with Crippen molar-refractivity contribution in [1.82, 2.24) is 4.90 Å². The lowest BCUT2D eigenvalue weighted by Crippen LogP contribution is -2.27. The third-order valence-electron chi connectivity index (χ3n) is 9.63. The Morgan fingerprint density at radius 1 is 0.509 bits per heavy atom. The molecule has 8 heteroatoms. The fraction of sp³-hybridized carbons (Fsp3) is 0.830. The van der Waals surface area contributed by atoms with E-state index in [1.165, 1.54) is 32.1 Å². The van der Waals surface area contributed by atoms with Crippen molar-refractivity contribution < 1.29 is 33.6 Å². The average Bonchev–Trinajstić information content (AvgIpc) is 3.19. The Kier molecular flexibility index (Phi) is 43.1. The molecule has 0 amide bonds. The van der Waals surface area contributed by atoms with Crippen LogP contribution in [0.3, 0.4) is 0 Å². The van der Waals surface area contributed by atoms with Crippen LogP contribution in [0.1, 0.15) is 194 Å². The Bertz CT molecular complexity index is 882. The summed E-state index contributed by atoms with van der Waals surface area (Å²) < 4.78 is 22.9. The van der Waals surface area contributed by atoms with Gasteiger partial charge in [0.15, 0.2) is 6.29 Å². The van der Waals surface area contributed by atoms with E-state index in [0.29, 0.717) is 45.7 Å². The molecule has 0 aliphatic rings. The Hall–Kier alpha value is -2.00. The Labute approximate surface area is 339 Å². The first kappa shape index (κ1) is 53.0. The highest BCUT2D eigenvalue weighted by Gasteiger charge is 2.13. The summed E-state index contributed by atoms with van der Waals surface area (Å²) in [5, 5.41) is 9.37. The molecular weight excluding hydrogens is 691 g/mol. The van der Waals surface area contributed by atoms with Crippen LogP contribution in [0, 0.1) is 0 Å². The number of hydrogen-bond donors (Lipinski definition) is 1. The van der Waals surface area contributed by atoms with Crippen LogP contribution in [0.5, 0.6) is 0 Å². The minimum absolute atomic E-state index is 0.0862. The van der Waals surface area contributed by atoms with Crippen molar-refractivity contribution in [3.05, 3.63) is 36.5 Å². The lowest BCUT2D eigenvalue weighted by atomic mass is 10.1. The summed E-state index contributed by atoms with van der Waals surface area (Å²) in [6.07, 6.45) is 40.2. The summed E-state index contributed by atoms with van der Waals surface area (Å²) >= 11 is 0. The van der Waals surface area contributed by atoms with Gasteiger partial charge in [0.1, 0.15) is 6.61 Å². The zero-order valence-corrected chi connectivity index (χ0v) is 36.1.